The van der Waals surface area contributed by atoms with E-state index >= 15 is 0 Å². The van der Waals surface area contributed by atoms with Crippen molar-refractivity contribution < 1.29 is 62.4 Å². The lowest BCUT2D eigenvalue weighted by Gasteiger charge is -2.27. The van der Waals surface area contributed by atoms with E-state index in [9.17, 15) is 43.5 Å². The number of rotatable bonds is 16. The van der Waals surface area contributed by atoms with E-state index in [1.54, 1.807) is 107 Å². The zero-order valence-electron chi connectivity index (χ0n) is 44.0. The number of nitrogens with one attached hydrogen (secondary N) is 8. The molecule has 0 aliphatic carbocycles. The molecule has 1 heterocycles. The Hall–Kier alpha value is -6.80. The molecule has 4 atom stereocenters. The summed E-state index contributed by atoms with van der Waals surface area (Å²) in [5.74, 6) is -2.72. The van der Waals surface area contributed by atoms with Crippen molar-refractivity contribution >= 4 is 48.0 Å². The average molecular weight is 1010 g/mol. The average Bonchev–Trinajstić information content (AvgIpc) is 3.23. The van der Waals surface area contributed by atoms with Gasteiger partial charge in [0, 0.05) is 39.0 Å². The molecule has 0 spiro atoms. The molecule has 0 radical (unpaired) electrons. The molecule has 0 fully saturated rings. The Morgan fingerprint density at radius 2 is 1.17 bits per heavy atom. The smallest absolute Gasteiger partial charge is 0.408 e. The van der Waals surface area contributed by atoms with E-state index in [0.29, 0.717) is 35.1 Å². The molecular formula is C51H78N8O13. The van der Waals surface area contributed by atoms with Gasteiger partial charge in [-0.3, -0.25) is 19.2 Å². The summed E-state index contributed by atoms with van der Waals surface area (Å²) in [7, 11) is 0. The van der Waals surface area contributed by atoms with Crippen LogP contribution in [-0.2, 0) is 51.0 Å². The van der Waals surface area contributed by atoms with Crippen LogP contribution in [0.25, 0.3) is 11.1 Å². The number of hydrogen-bond donors (Lipinski definition) is 9. The number of benzene rings is 2. The third-order valence-electron chi connectivity index (χ3n) is 10.1. The minimum atomic E-state index is -1.35. The monoisotopic (exact) mass is 1010 g/mol. The normalized spacial score (nSPS) is 16.9. The SMILES string of the molecule is CC(C)(C)OC(=O)NCCC[C@@H]1NC(=O)[C@@H](NC(=O)OC(C)(C)C)Cc2cc(ccc2O)-c2cccc(c2)C[C@@H](C(=O)NCCCC[C@H](NC(=O)OC(C)(C)C)C(=O)NCCNC(=O)OC(C)(C)C)NC1=O. The number of ether oxygens (including phenoxy) is 4. The summed E-state index contributed by atoms with van der Waals surface area (Å²) in [6, 6.07) is 7.30. The molecule has 2 aromatic carbocycles. The van der Waals surface area contributed by atoms with Crippen LogP contribution in [0.5, 0.6) is 5.75 Å². The molecule has 0 saturated heterocycles. The molecule has 21 heteroatoms. The lowest BCUT2D eigenvalue weighted by atomic mass is 9.96. The Kier molecular flexibility index (Phi) is 22.0. The first-order chi connectivity index (χ1) is 33.4. The molecule has 9 N–H and O–H groups in total. The maximum Gasteiger partial charge on any atom is 0.408 e. The number of carbonyl (C=O) groups is 8. The maximum atomic E-state index is 14.4. The number of phenols is 1. The van der Waals surface area contributed by atoms with Gasteiger partial charge in [0.25, 0.3) is 0 Å². The van der Waals surface area contributed by atoms with Gasteiger partial charge < -0.3 is 66.6 Å². The highest BCUT2D eigenvalue weighted by Crippen LogP contribution is 2.28. The maximum absolute atomic E-state index is 14.4. The van der Waals surface area contributed by atoms with Gasteiger partial charge in [0.2, 0.25) is 23.6 Å². The molecular weight excluding hydrogens is 933 g/mol. The van der Waals surface area contributed by atoms with Crippen LogP contribution in [0.2, 0.25) is 0 Å². The van der Waals surface area contributed by atoms with Crippen LogP contribution in [0.15, 0.2) is 42.5 Å². The van der Waals surface area contributed by atoms with Gasteiger partial charge in [0.15, 0.2) is 0 Å². The predicted octanol–water partition coefficient (Wildman–Crippen LogP) is 5.15. The van der Waals surface area contributed by atoms with E-state index in [2.05, 4.69) is 42.5 Å². The van der Waals surface area contributed by atoms with E-state index in [0.717, 1.165) is 0 Å². The number of aromatic hydroxyl groups is 1. The quantitative estimate of drug-likeness (QED) is 0.0778. The molecule has 1 aliphatic heterocycles. The molecule has 400 valence electrons. The molecule has 3 rings (SSSR count). The fourth-order valence-corrected chi connectivity index (χ4v) is 7.07. The van der Waals surface area contributed by atoms with Crippen molar-refractivity contribution in [2.45, 2.75) is 175 Å². The summed E-state index contributed by atoms with van der Waals surface area (Å²) < 4.78 is 21.4. The van der Waals surface area contributed by atoms with Crippen molar-refractivity contribution in [1.82, 2.24) is 42.5 Å². The summed E-state index contributed by atoms with van der Waals surface area (Å²) in [6.07, 6.45) is -2.22. The standard InChI is InChI=1S/C51H78N8O13/c1-48(2,3)69-44(65)54-24-16-20-36-42(63)57-37(41(62)52-23-14-13-19-35(58-46(67)71-50(7,8)9)40(61)53-25-26-55-45(66)70-49(4,5)6)28-31-17-15-18-32(27-31)33-21-22-39(60)34(29-33)30-38(43(64)56-36)59-47(68)72-51(10,11)12/h15,17-18,21-22,27,29,35-38,60H,13-14,16,19-20,23-26,28,30H2,1-12H3,(H,52,62)(H,53,61)(H,54,65)(H,55,66)(H,56,64)(H,57,63)(H,58,67)(H,59,68)/t35-,36-,37-,38-/m0/s1. The van der Waals surface area contributed by atoms with Crippen molar-refractivity contribution in [3.63, 3.8) is 0 Å². The third-order valence-corrected chi connectivity index (χ3v) is 10.1. The minimum absolute atomic E-state index is 0.0187. The van der Waals surface area contributed by atoms with Crippen LogP contribution in [0, 0.1) is 0 Å². The van der Waals surface area contributed by atoms with Gasteiger partial charge in [0.1, 0.15) is 52.3 Å². The second-order valence-electron chi connectivity index (χ2n) is 21.5. The van der Waals surface area contributed by atoms with Gasteiger partial charge in [-0.2, -0.15) is 0 Å². The van der Waals surface area contributed by atoms with E-state index in [4.69, 9.17) is 18.9 Å². The first-order valence-corrected chi connectivity index (χ1v) is 24.4. The Morgan fingerprint density at radius 1 is 0.611 bits per heavy atom. The highest BCUT2D eigenvalue weighted by atomic mass is 16.6. The highest BCUT2D eigenvalue weighted by Gasteiger charge is 2.32. The van der Waals surface area contributed by atoms with E-state index in [1.165, 1.54) is 6.07 Å². The number of alkyl carbamates (subject to hydrolysis) is 4. The second-order valence-corrected chi connectivity index (χ2v) is 21.5. The lowest BCUT2D eigenvalue weighted by Crippen LogP contribution is -2.57. The van der Waals surface area contributed by atoms with Crippen LogP contribution in [0.4, 0.5) is 19.2 Å². The van der Waals surface area contributed by atoms with Gasteiger partial charge >= 0.3 is 24.4 Å². The summed E-state index contributed by atoms with van der Waals surface area (Å²) in [4.78, 5) is 106. The predicted molar refractivity (Wildman–Crippen MR) is 269 cm³/mol. The van der Waals surface area contributed by atoms with E-state index in [1.807, 2.05) is 12.1 Å². The van der Waals surface area contributed by atoms with Crippen molar-refractivity contribution in [3.05, 3.63) is 53.6 Å². The van der Waals surface area contributed by atoms with E-state index in [-0.39, 0.29) is 64.0 Å². The number of carbonyl (C=O) groups excluding carboxylic acids is 8. The molecule has 0 unspecified atom stereocenters. The van der Waals surface area contributed by atoms with Crippen molar-refractivity contribution in [2.24, 2.45) is 0 Å². The first kappa shape index (κ1) is 59.5. The summed E-state index contributed by atoms with van der Waals surface area (Å²) >= 11 is 0. The van der Waals surface area contributed by atoms with Gasteiger partial charge in [-0.15, -0.1) is 0 Å². The molecule has 8 amide bonds. The Labute approximate surface area is 423 Å². The zero-order valence-corrected chi connectivity index (χ0v) is 44.0. The minimum Gasteiger partial charge on any atom is -0.508 e. The van der Waals surface area contributed by atoms with Gasteiger partial charge in [-0.25, -0.2) is 19.2 Å². The largest absolute Gasteiger partial charge is 0.508 e. The fourth-order valence-electron chi connectivity index (χ4n) is 7.07. The van der Waals surface area contributed by atoms with Crippen LogP contribution in [-0.4, -0.2) is 126 Å². The summed E-state index contributed by atoms with van der Waals surface area (Å²) in [6.45, 7) is 20.6. The Bertz CT molecular complexity index is 2210. The molecule has 4 bridgehead atoms. The van der Waals surface area contributed by atoms with Crippen LogP contribution < -0.4 is 42.5 Å². The second kappa shape index (κ2) is 26.6. The number of unbranched alkanes of at least 4 members (excludes halogenated alkanes) is 1. The summed E-state index contributed by atoms with van der Waals surface area (Å²) in [5.41, 5.74) is -0.848. The molecule has 1 aliphatic rings. The van der Waals surface area contributed by atoms with Gasteiger partial charge in [0.05, 0.1) is 0 Å². The van der Waals surface area contributed by atoms with Gasteiger partial charge in [-0.1, -0.05) is 30.3 Å². The van der Waals surface area contributed by atoms with Crippen molar-refractivity contribution in [3.8, 4) is 16.9 Å². The van der Waals surface area contributed by atoms with Crippen LogP contribution >= 0.6 is 0 Å². The highest BCUT2D eigenvalue weighted by molar-refractivity contribution is 5.94. The van der Waals surface area contributed by atoms with E-state index < -0.39 is 94.6 Å². The Morgan fingerprint density at radius 3 is 1.79 bits per heavy atom. The molecule has 0 saturated carbocycles. The zero-order chi connectivity index (χ0) is 54.0. The number of amides is 8. The van der Waals surface area contributed by atoms with Crippen LogP contribution in [0.3, 0.4) is 0 Å². The Balaban J connectivity index is 1.87. The first-order valence-electron chi connectivity index (χ1n) is 24.4. The van der Waals surface area contributed by atoms with Crippen molar-refractivity contribution in [1.29, 1.82) is 0 Å². The van der Waals surface area contributed by atoms with Gasteiger partial charge in [-0.05, 0) is 150 Å². The number of hydrogen-bond acceptors (Lipinski definition) is 13. The fraction of sp³-hybridized carbons (Fsp3) is 0.608. The molecule has 0 aromatic heterocycles. The third kappa shape index (κ3) is 23.4. The van der Waals surface area contributed by atoms with Crippen LogP contribution in [0.1, 0.15) is 126 Å². The topological polar surface area (TPSA) is 290 Å². The number of phenolic OH excluding ortho intramolecular Hbond substituents is 1. The number of fused-ring (bicyclic) bond motifs is 5. The molecule has 2 aromatic rings. The van der Waals surface area contributed by atoms with Crippen molar-refractivity contribution in [2.75, 3.05) is 26.2 Å². The summed E-state index contributed by atoms with van der Waals surface area (Å²) in [5, 5.41) is 32.5. The lowest BCUT2D eigenvalue weighted by molar-refractivity contribution is -0.132. The molecule has 72 heavy (non-hydrogen) atoms. The molecule has 21 nitrogen and oxygen atoms in total.